The molecule has 0 atom stereocenters. The number of nitrogens with zero attached hydrogens (tertiary/aromatic N) is 1. The molecule has 0 saturated heterocycles. The molecular formula is C19H21N3O. The van der Waals surface area contributed by atoms with E-state index in [0.29, 0.717) is 13.1 Å². The van der Waals surface area contributed by atoms with Crippen LogP contribution in [-0.4, -0.2) is 17.1 Å². The van der Waals surface area contributed by atoms with Gasteiger partial charge in [0.2, 0.25) is 0 Å². The van der Waals surface area contributed by atoms with Gasteiger partial charge in [0, 0.05) is 37.2 Å². The molecule has 1 aromatic heterocycles. The third-order valence-electron chi connectivity index (χ3n) is 3.96. The monoisotopic (exact) mass is 307 g/mol. The Kier molecular flexibility index (Phi) is 4.62. The number of nitrogens with one attached hydrogen (secondary N) is 2. The first-order valence-corrected chi connectivity index (χ1v) is 7.82. The largest absolute Gasteiger partial charge is 0.350 e. The van der Waals surface area contributed by atoms with Gasteiger partial charge in [0.1, 0.15) is 0 Å². The van der Waals surface area contributed by atoms with Crippen LogP contribution >= 0.6 is 0 Å². The molecule has 0 bridgehead atoms. The van der Waals surface area contributed by atoms with Gasteiger partial charge in [0.15, 0.2) is 0 Å². The lowest BCUT2D eigenvalue weighted by Gasteiger charge is -2.07. The predicted molar refractivity (Wildman–Crippen MR) is 93.3 cm³/mol. The van der Waals surface area contributed by atoms with Crippen LogP contribution in [0.25, 0.3) is 10.9 Å². The van der Waals surface area contributed by atoms with Crippen molar-refractivity contribution in [3.63, 3.8) is 0 Å². The molecule has 0 aliphatic heterocycles. The maximum absolute atomic E-state index is 11.8. The molecule has 0 aliphatic rings. The number of benzene rings is 2. The first-order valence-electron chi connectivity index (χ1n) is 7.82. The van der Waals surface area contributed by atoms with Gasteiger partial charge in [-0.2, -0.15) is 0 Å². The molecule has 1 heterocycles. The Labute approximate surface area is 136 Å². The van der Waals surface area contributed by atoms with Gasteiger partial charge in [0.25, 0.3) is 0 Å². The number of amides is 2. The molecule has 2 aromatic carbocycles. The van der Waals surface area contributed by atoms with Gasteiger partial charge < -0.3 is 15.2 Å². The highest BCUT2D eigenvalue weighted by atomic mass is 16.2. The average molecular weight is 307 g/mol. The minimum absolute atomic E-state index is 0.130. The summed E-state index contributed by atoms with van der Waals surface area (Å²) in [7, 11) is 2.05. The molecule has 2 amide bonds. The van der Waals surface area contributed by atoms with Gasteiger partial charge in [-0.3, -0.25) is 0 Å². The number of aromatic nitrogens is 1. The van der Waals surface area contributed by atoms with Crippen LogP contribution in [0.1, 0.15) is 11.1 Å². The Bertz CT molecular complexity index is 793. The van der Waals surface area contributed by atoms with Crippen molar-refractivity contribution >= 4 is 16.9 Å². The Morgan fingerprint density at radius 2 is 1.74 bits per heavy atom. The van der Waals surface area contributed by atoms with E-state index in [4.69, 9.17) is 0 Å². The van der Waals surface area contributed by atoms with E-state index in [9.17, 15) is 4.79 Å². The molecule has 2 N–H and O–H groups in total. The average Bonchev–Trinajstić information content (AvgIpc) is 2.91. The van der Waals surface area contributed by atoms with Gasteiger partial charge in [-0.15, -0.1) is 0 Å². The number of hydrogen-bond donors (Lipinski definition) is 2. The smallest absolute Gasteiger partial charge is 0.315 e. The third kappa shape index (κ3) is 3.72. The van der Waals surface area contributed by atoms with Crippen LogP contribution in [0.5, 0.6) is 0 Å². The minimum atomic E-state index is -0.130. The van der Waals surface area contributed by atoms with Crippen molar-refractivity contribution in [2.45, 2.75) is 13.0 Å². The maximum Gasteiger partial charge on any atom is 0.315 e. The highest BCUT2D eigenvalue weighted by molar-refractivity contribution is 5.84. The normalized spacial score (nSPS) is 10.7. The zero-order valence-corrected chi connectivity index (χ0v) is 13.3. The van der Waals surface area contributed by atoms with Crippen molar-refractivity contribution in [2.24, 2.45) is 7.05 Å². The van der Waals surface area contributed by atoms with E-state index in [1.165, 1.54) is 16.5 Å². The fourth-order valence-electron chi connectivity index (χ4n) is 2.78. The van der Waals surface area contributed by atoms with Crippen LogP contribution in [0.4, 0.5) is 4.79 Å². The summed E-state index contributed by atoms with van der Waals surface area (Å²) in [5.41, 5.74) is 3.57. The topological polar surface area (TPSA) is 46.1 Å². The van der Waals surface area contributed by atoms with Crippen LogP contribution in [-0.2, 0) is 20.0 Å². The Hall–Kier alpha value is -2.75. The van der Waals surface area contributed by atoms with Gasteiger partial charge in [-0.25, -0.2) is 4.79 Å². The molecule has 4 nitrogen and oxygen atoms in total. The molecule has 4 heteroatoms. The summed E-state index contributed by atoms with van der Waals surface area (Å²) in [5, 5.41) is 7.04. The minimum Gasteiger partial charge on any atom is -0.350 e. The third-order valence-corrected chi connectivity index (χ3v) is 3.96. The van der Waals surface area contributed by atoms with E-state index in [0.717, 1.165) is 12.0 Å². The fourth-order valence-corrected chi connectivity index (χ4v) is 2.78. The summed E-state index contributed by atoms with van der Waals surface area (Å²) in [5.74, 6) is 0. The van der Waals surface area contributed by atoms with E-state index < -0.39 is 0 Å². The Morgan fingerprint density at radius 3 is 2.57 bits per heavy atom. The lowest BCUT2D eigenvalue weighted by atomic mass is 10.1. The number of fused-ring (bicyclic) bond motifs is 1. The highest BCUT2D eigenvalue weighted by Crippen LogP contribution is 2.20. The second kappa shape index (κ2) is 7.01. The molecule has 118 valence electrons. The van der Waals surface area contributed by atoms with E-state index in [1.54, 1.807) is 0 Å². The number of rotatable bonds is 5. The fraction of sp³-hybridized carbons (Fsp3) is 0.211. The van der Waals surface area contributed by atoms with Gasteiger partial charge in [-0.05, 0) is 23.6 Å². The molecule has 0 saturated carbocycles. The quantitative estimate of drug-likeness (QED) is 0.747. The van der Waals surface area contributed by atoms with Crippen molar-refractivity contribution in [3.05, 3.63) is 71.9 Å². The van der Waals surface area contributed by atoms with Gasteiger partial charge >= 0.3 is 6.03 Å². The van der Waals surface area contributed by atoms with Crippen LogP contribution in [0.15, 0.2) is 60.8 Å². The van der Waals surface area contributed by atoms with Crippen molar-refractivity contribution < 1.29 is 4.79 Å². The lowest BCUT2D eigenvalue weighted by Crippen LogP contribution is -2.36. The first kappa shape index (κ1) is 15.2. The second-order valence-corrected chi connectivity index (χ2v) is 5.63. The lowest BCUT2D eigenvalue weighted by molar-refractivity contribution is 0.240. The van der Waals surface area contributed by atoms with Crippen LogP contribution in [0.3, 0.4) is 0 Å². The maximum atomic E-state index is 11.8. The molecular weight excluding hydrogens is 286 g/mol. The molecule has 3 aromatic rings. The summed E-state index contributed by atoms with van der Waals surface area (Å²) < 4.78 is 2.13. The second-order valence-electron chi connectivity index (χ2n) is 5.63. The zero-order chi connectivity index (χ0) is 16.1. The number of carbonyl (C=O) groups is 1. The Balaban J connectivity index is 1.50. The van der Waals surface area contributed by atoms with Crippen molar-refractivity contribution in [1.82, 2.24) is 15.2 Å². The number of urea groups is 1. The SMILES string of the molecule is Cn1cc(CCNC(=O)NCc2ccccc2)c2ccccc21. The van der Waals surface area contributed by atoms with Crippen LogP contribution in [0.2, 0.25) is 0 Å². The predicted octanol–water partition coefficient (Wildman–Crippen LogP) is 3.22. The van der Waals surface area contributed by atoms with Crippen LogP contribution in [0, 0.1) is 0 Å². The Morgan fingerprint density at radius 1 is 1.00 bits per heavy atom. The molecule has 23 heavy (non-hydrogen) atoms. The van der Waals surface area contributed by atoms with E-state index in [2.05, 4.69) is 33.5 Å². The molecule has 0 radical (unpaired) electrons. The van der Waals surface area contributed by atoms with E-state index in [-0.39, 0.29) is 6.03 Å². The van der Waals surface area contributed by atoms with Crippen LogP contribution < -0.4 is 10.6 Å². The summed E-state index contributed by atoms with van der Waals surface area (Å²) in [6.07, 6.45) is 2.95. The molecule has 0 unspecified atom stereocenters. The molecule has 3 rings (SSSR count). The molecule has 0 fully saturated rings. The highest BCUT2D eigenvalue weighted by Gasteiger charge is 2.06. The standard InChI is InChI=1S/C19H21N3O/c1-22-14-16(17-9-5-6-10-18(17)22)11-12-20-19(23)21-13-15-7-3-2-4-8-15/h2-10,14H,11-13H2,1H3,(H2,20,21,23). The summed E-state index contributed by atoms with van der Waals surface area (Å²) in [6, 6.07) is 18.1. The van der Waals surface area contributed by atoms with E-state index in [1.807, 2.05) is 49.5 Å². The number of para-hydroxylation sites is 1. The summed E-state index contributed by atoms with van der Waals surface area (Å²) >= 11 is 0. The number of aryl methyl sites for hydroxylation is 1. The van der Waals surface area contributed by atoms with Gasteiger partial charge in [0.05, 0.1) is 0 Å². The van der Waals surface area contributed by atoms with E-state index >= 15 is 0 Å². The first-order chi connectivity index (χ1) is 11.2. The summed E-state index contributed by atoms with van der Waals surface area (Å²) in [4.78, 5) is 11.8. The molecule has 0 aliphatic carbocycles. The van der Waals surface area contributed by atoms with Crippen molar-refractivity contribution in [2.75, 3.05) is 6.54 Å². The number of hydrogen-bond acceptors (Lipinski definition) is 1. The van der Waals surface area contributed by atoms with Crippen molar-refractivity contribution in [3.8, 4) is 0 Å². The summed E-state index contributed by atoms with van der Waals surface area (Å²) in [6.45, 7) is 1.16. The van der Waals surface area contributed by atoms with Crippen molar-refractivity contribution in [1.29, 1.82) is 0 Å². The zero-order valence-electron chi connectivity index (χ0n) is 13.3. The molecule has 0 spiro atoms. The number of carbonyl (C=O) groups excluding carboxylic acids is 1. The van der Waals surface area contributed by atoms with Gasteiger partial charge in [-0.1, -0.05) is 48.5 Å².